The first-order chi connectivity index (χ1) is 17.2. The molecule has 212 valence electrons. The minimum Gasteiger partial charge on any atom is -0.466 e. The molecule has 0 amide bonds. The fourth-order valence-electron chi connectivity index (χ4n) is 3.28. The van der Waals surface area contributed by atoms with Crippen molar-refractivity contribution in [2.45, 2.75) is 51.6 Å². The average Bonchev–Trinajstić information content (AvgIpc) is 2.76. The van der Waals surface area contributed by atoms with Crippen molar-refractivity contribution < 1.29 is 53.8 Å². The lowest BCUT2D eigenvalue weighted by Gasteiger charge is -2.34. The summed E-state index contributed by atoms with van der Waals surface area (Å²) in [5.41, 5.74) is -8.05. The van der Waals surface area contributed by atoms with Crippen molar-refractivity contribution in [3.8, 4) is 0 Å². The summed E-state index contributed by atoms with van der Waals surface area (Å²) in [6.45, 7) is 3.44. The number of methoxy groups -OCH3 is 1. The van der Waals surface area contributed by atoms with Gasteiger partial charge in [0.15, 0.2) is 5.69 Å². The standard InChI is InChI=1S/C21H19BrF9N3O4/c1-5-38-16(17(36)37-4)34(18-32-13(21(29,30)31)8-14(35)33(18)9(2)3)12-7-10(19(23,24)25)6-11(15(12)22)20(26,27)28/h6-9,16H,5H2,1-4H3. The minimum atomic E-state index is -5.40. The quantitative estimate of drug-likeness (QED) is 0.203. The molecule has 1 atom stereocenters. The fraction of sp³-hybridized carbons (Fsp3) is 0.476. The molecule has 17 heteroatoms. The summed E-state index contributed by atoms with van der Waals surface area (Å²) in [7, 11) is 0.796. The van der Waals surface area contributed by atoms with Gasteiger partial charge < -0.3 is 9.47 Å². The molecule has 0 fully saturated rings. The van der Waals surface area contributed by atoms with Gasteiger partial charge in [-0.1, -0.05) is 0 Å². The first-order valence-corrected chi connectivity index (χ1v) is 11.2. The Hall–Kier alpha value is -2.82. The van der Waals surface area contributed by atoms with E-state index >= 15 is 0 Å². The number of ether oxygens (including phenoxy) is 2. The Kier molecular flexibility index (Phi) is 9.19. The Labute approximate surface area is 217 Å². The summed E-state index contributed by atoms with van der Waals surface area (Å²) in [6.07, 6.45) is -18.3. The number of halogens is 10. The number of carbonyl (C=O) groups excluding carboxylic acids is 1. The number of benzene rings is 1. The van der Waals surface area contributed by atoms with E-state index in [2.05, 4.69) is 25.7 Å². The lowest BCUT2D eigenvalue weighted by molar-refractivity contribution is -0.153. The van der Waals surface area contributed by atoms with E-state index in [9.17, 15) is 49.1 Å². The van der Waals surface area contributed by atoms with Gasteiger partial charge >= 0.3 is 24.5 Å². The van der Waals surface area contributed by atoms with Crippen LogP contribution in [0.2, 0.25) is 0 Å². The van der Waals surface area contributed by atoms with Crippen molar-refractivity contribution in [1.29, 1.82) is 0 Å². The van der Waals surface area contributed by atoms with Crippen molar-refractivity contribution in [3.05, 3.63) is 49.8 Å². The molecule has 0 saturated heterocycles. The van der Waals surface area contributed by atoms with Gasteiger partial charge in [-0.3, -0.25) is 14.3 Å². The molecular formula is C21H19BrF9N3O4. The number of nitrogens with zero attached hydrogens (tertiary/aromatic N) is 3. The molecule has 2 rings (SSSR count). The molecule has 2 aromatic rings. The molecule has 0 aliphatic heterocycles. The molecule has 1 aromatic carbocycles. The summed E-state index contributed by atoms with van der Waals surface area (Å²) in [5.74, 6) is -2.55. The number of anilines is 2. The minimum absolute atomic E-state index is 0.0951. The number of carbonyl (C=O) groups is 1. The second kappa shape index (κ2) is 11.1. The predicted octanol–water partition coefficient (Wildman–Crippen LogP) is 6.32. The Balaban J connectivity index is 3.21. The van der Waals surface area contributed by atoms with Gasteiger partial charge in [0.25, 0.3) is 5.56 Å². The van der Waals surface area contributed by atoms with Crippen LogP contribution in [0, 0.1) is 0 Å². The van der Waals surface area contributed by atoms with Crippen LogP contribution in [0.3, 0.4) is 0 Å². The molecule has 1 heterocycles. The highest BCUT2D eigenvalue weighted by atomic mass is 79.9. The van der Waals surface area contributed by atoms with Crippen LogP contribution >= 0.6 is 15.9 Å². The third kappa shape index (κ3) is 6.59. The van der Waals surface area contributed by atoms with E-state index in [1.165, 1.54) is 20.8 Å². The first-order valence-electron chi connectivity index (χ1n) is 10.4. The van der Waals surface area contributed by atoms with E-state index in [0.29, 0.717) is 4.57 Å². The zero-order valence-electron chi connectivity index (χ0n) is 19.8. The summed E-state index contributed by atoms with van der Waals surface area (Å²) in [5, 5.41) is 0. The Morgan fingerprint density at radius 3 is 2.03 bits per heavy atom. The molecule has 38 heavy (non-hydrogen) atoms. The highest BCUT2D eigenvalue weighted by molar-refractivity contribution is 9.10. The maximum absolute atomic E-state index is 13.8. The number of alkyl halides is 9. The van der Waals surface area contributed by atoms with Crippen molar-refractivity contribution in [2.75, 3.05) is 18.6 Å². The van der Waals surface area contributed by atoms with Gasteiger partial charge in [0.05, 0.1) is 28.4 Å². The molecule has 0 bridgehead atoms. The van der Waals surface area contributed by atoms with Crippen LogP contribution in [0.4, 0.5) is 51.1 Å². The van der Waals surface area contributed by atoms with Crippen LogP contribution in [0.15, 0.2) is 27.5 Å². The SMILES string of the molecule is CCOC(C(=O)OC)N(c1cc(C(F)(F)F)cc(C(F)(F)F)c1Br)c1nc(C(F)(F)F)cc(=O)n1C(C)C. The van der Waals surface area contributed by atoms with Gasteiger partial charge in [-0.2, -0.15) is 39.5 Å². The van der Waals surface area contributed by atoms with Crippen molar-refractivity contribution in [2.24, 2.45) is 0 Å². The molecule has 1 unspecified atom stereocenters. The molecule has 0 spiro atoms. The topological polar surface area (TPSA) is 73.7 Å². The second-order valence-electron chi connectivity index (χ2n) is 7.79. The summed E-state index contributed by atoms with van der Waals surface area (Å²) >= 11 is 2.57. The first kappa shape index (κ1) is 31.4. The third-order valence-electron chi connectivity index (χ3n) is 4.86. The summed E-state index contributed by atoms with van der Waals surface area (Å²) in [6, 6.07) is -1.03. The van der Waals surface area contributed by atoms with Crippen LogP contribution in [0.25, 0.3) is 0 Å². The van der Waals surface area contributed by atoms with Crippen LogP contribution in [0.1, 0.15) is 43.6 Å². The lowest BCUT2D eigenvalue weighted by atomic mass is 10.1. The van der Waals surface area contributed by atoms with Gasteiger partial charge in [0.1, 0.15) is 0 Å². The smallest absolute Gasteiger partial charge is 0.433 e. The number of hydrogen-bond acceptors (Lipinski definition) is 6. The summed E-state index contributed by atoms with van der Waals surface area (Å²) in [4.78, 5) is 28.9. The molecule has 0 N–H and O–H groups in total. The van der Waals surface area contributed by atoms with E-state index in [4.69, 9.17) is 4.74 Å². The van der Waals surface area contributed by atoms with Crippen molar-refractivity contribution in [3.63, 3.8) is 0 Å². The maximum atomic E-state index is 13.8. The van der Waals surface area contributed by atoms with Gasteiger partial charge in [-0.25, -0.2) is 9.78 Å². The van der Waals surface area contributed by atoms with Crippen LogP contribution in [-0.4, -0.2) is 35.5 Å². The van der Waals surface area contributed by atoms with Crippen LogP contribution < -0.4 is 10.5 Å². The maximum Gasteiger partial charge on any atom is 0.433 e. The second-order valence-corrected chi connectivity index (χ2v) is 8.59. The molecule has 0 aliphatic carbocycles. The highest BCUT2D eigenvalue weighted by Gasteiger charge is 2.43. The molecule has 7 nitrogen and oxygen atoms in total. The van der Waals surface area contributed by atoms with Gasteiger partial charge in [-0.05, 0) is 48.8 Å². The zero-order valence-corrected chi connectivity index (χ0v) is 21.4. The number of hydrogen-bond donors (Lipinski definition) is 0. The largest absolute Gasteiger partial charge is 0.466 e. The Morgan fingerprint density at radius 2 is 1.61 bits per heavy atom. The third-order valence-corrected chi connectivity index (χ3v) is 5.70. The Morgan fingerprint density at radius 1 is 1.03 bits per heavy atom. The highest BCUT2D eigenvalue weighted by Crippen LogP contribution is 2.46. The van der Waals surface area contributed by atoms with Gasteiger partial charge in [0.2, 0.25) is 12.2 Å². The van der Waals surface area contributed by atoms with Crippen molar-refractivity contribution >= 4 is 33.5 Å². The summed E-state index contributed by atoms with van der Waals surface area (Å²) < 4.78 is 132. The molecule has 0 aliphatic rings. The van der Waals surface area contributed by atoms with E-state index < -0.39 is 81.9 Å². The Bertz CT molecular complexity index is 1240. The van der Waals surface area contributed by atoms with Crippen LogP contribution in [-0.2, 0) is 32.8 Å². The predicted molar refractivity (Wildman–Crippen MR) is 118 cm³/mol. The number of esters is 1. The van der Waals surface area contributed by atoms with Gasteiger partial charge in [-0.15, -0.1) is 0 Å². The average molecular weight is 628 g/mol. The molecule has 0 radical (unpaired) electrons. The lowest BCUT2D eigenvalue weighted by Crippen LogP contribution is -2.45. The number of rotatable bonds is 7. The monoisotopic (exact) mass is 627 g/mol. The fourth-order valence-corrected chi connectivity index (χ4v) is 3.92. The molecule has 1 aromatic heterocycles. The zero-order chi connectivity index (χ0) is 29.4. The molecule has 0 saturated carbocycles. The van der Waals surface area contributed by atoms with E-state index in [-0.39, 0.29) is 23.1 Å². The van der Waals surface area contributed by atoms with Crippen molar-refractivity contribution in [1.82, 2.24) is 9.55 Å². The van der Waals surface area contributed by atoms with Crippen LogP contribution in [0.5, 0.6) is 0 Å². The van der Waals surface area contributed by atoms with E-state index in [1.807, 2.05) is 0 Å². The normalized spacial score (nSPS) is 13.6. The molecular weight excluding hydrogens is 609 g/mol. The number of aromatic nitrogens is 2. The van der Waals surface area contributed by atoms with E-state index in [0.717, 1.165) is 7.11 Å². The van der Waals surface area contributed by atoms with Gasteiger partial charge in [0, 0.05) is 18.7 Å². The van der Waals surface area contributed by atoms with E-state index in [1.54, 1.807) is 0 Å².